The van der Waals surface area contributed by atoms with Crippen molar-refractivity contribution in [1.82, 2.24) is 0 Å². The van der Waals surface area contributed by atoms with Crippen LogP contribution < -0.4 is 5.32 Å². The Morgan fingerprint density at radius 3 is 2.67 bits per heavy atom. The van der Waals surface area contributed by atoms with Crippen molar-refractivity contribution < 1.29 is 0 Å². The van der Waals surface area contributed by atoms with Gasteiger partial charge in [-0.15, -0.1) is 0 Å². The Hall–Kier alpha value is -1.49. The van der Waals surface area contributed by atoms with Crippen LogP contribution in [0.1, 0.15) is 30.9 Å². The second-order valence-electron chi connectivity index (χ2n) is 3.93. The van der Waals surface area contributed by atoms with Crippen LogP contribution in [0.2, 0.25) is 0 Å². The zero-order valence-corrected chi connectivity index (χ0v) is 9.67. The molecule has 0 heterocycles. The molecule has 0 fully saturated rings. The second-order valence-corrected chi connectivity index (χ2v) is 3.93. The minimum Gasteiger partial charge on any atom is -0.381 e. The molecule has 0 aliphatic rings. The summed E-state index contributed by atoms with van der Waals surface area (Å²) in [6, 6.07) is 8.80. The molecule has 2 nitrogen and oxygen atoms in total. The van der Waals surface area contributed by atoms with Crippen LogP contribution in [0, 0.1) is 25.2 Å². The number of nitriles is 1. The van der Waals surface area contributed by atoms with E-state index in [9.17, 15) is 0 Å². The number of nitrogens with zero attached hydrogens (tertiary/aromatic N) is 1. The van der Waals surface area contributed by atoms with Crippen LogP contribution in [0.25, 0.3) is 0 Å². The third-order valence-electron chi connectivity index (χ3n) is 2.57. The molecule has 80 valence electrons. The highest BCUT2D eigenvalue weighted by atomic mass is 14.9. The molecule has 0 aliphatic carbocycles. The Kier molecular flexibility index (Phi) is 4.17. The van der Waals surface area contributed by atoms with Crippen molar-refractivity contribution in [3.8, 4) is 6.07 Å². The molecule has 1 N–H and O–H groups in total. The van der Waals surface area contributed by atoms with Gasteiger partial charge >= 0.3 is 0 Å². The summed E-state index contributed by atoms with van der Waals surface area (Å²) in [5.41, 5.74) is 3.65. The largest absolute Gasteiger partial charge is 0.381 e. The third-order valence-corrected chi connectivity index (χ3v) is 2.57. The number of benzene rings is 1. The Labute approximate surface area is 91.9 Å². The number of hydrogen-bond donors (Lipinski definition) is 1. The smallest absolute Gasteiger partial charge is 0.0643 e. The van der Waals surface area contributed by atoms with Crippen LogP contribution in [-0.2, 0) is 0 Å². The SMILES string of the molecule is CCC(CC#N)Nc1ccc(C)cc1C. The fraction of sp³-hybridized carbons (Fsp3) is 0.462. The third kappa shape index (κ3) is 3.28. The molecule has 1 rings (SSSR count). The number of anilines is 1. The van der Waals surface area contributed by atoms with Gasteiger partial charge in [-0.1, -0.05) is 24.6 Å². The molecule has 1 atom stereocenters. The van der Waals surface area contributed by atoms with Gasteiger partial charge in [0, 0.05) is 11.7 Å². The van der Waals surface area contributed by atoms with E-state index in [1.165, 1.54) is 11.1 Å². The van der Waals surface area contributed by atoms with E-state index in [2.05, 4.69) is 50.4 Å². The number of aryl methyl sites for hydroxylation is 2. The molecule has 0 bridgehead atoms. The molecule has 15 heavy (non-hydrogen) atoms. The van der Waals surface area contributed by atoms with E-state index in [-0.39, 0.29) is 6.04 Å². The monoisotopic (exact) mass is 202 g/mol. The molecular formula is C13H18N2. The lowest BCUT2D eigenvalue weighted by Crippen LogP contribution is -2.18. The van der Waals surface area contributed by atoms with Gasteiger partial charge in [-0.05, 0) is 31.9 Å². The van der Waals surface area contributed by atoms with E-state index < -0.39 is 0 Å². The van der Waals surface area contributed by atoms with E-state index in [1.807, 2.05) is 0 Å². The zero-order chi connectivity index (χ0) is 11.3. The van der Waals surface area contributed by atoms with E-state index in [1.54, 1.807) is 0 Å². The average Bonchev–Trinajstić information content (AvgIpc) is 2.21. The van der Waals surface area contributed by atoms with Gasteiger partial charge < -0.3 is 5.32 Å². The zero-order valence-electron chi connectivity index (χ0n) is 9.67. The molecule has 0 aliphatic heterocycles. The van der Waals surface area contributed by atoms with Gasteiger partial charge in [-0.2, -0.15) is 5.26 Å². The normalized spacial score (nSPS) is 11.9. The maximum absolute atomic E-state index is 8.67. The highest BCUT2D eigenvalue weighted by Crippen LogP contribution is 2.18. The number of nitrogens with one attached hydrogen (secondary N) is 1. The van der Waals surface area contributed by atoms with Crippen LogP contribution in [0.3, 0.4) is 0 Å². The summed E-state index contributed by atoms with van der Waals surface area (Å²) in [7, 11) is 0. The highest BCUT2D eigenvalue weighted by molar-refractivity contribution is 5.52. The molecule has 0 radical (unpaired) electrons. The first kappa shape index (κ1) is 11.6. The van der Waals surface area contributed by atoms with Crippen molar-refractivity contribution in [3.63, 3.8) is 0 Å². The minimum atomic E-state index is 0.261. The van der Waals surface area contributed by atoms with E-state index >= 15 is 0 Å². The molecule has 0 spiro atoms. The van der Waals surface area contributed by atoms with Crippen molar-refractivity contribution in [1.29, 1.82) is 5.26 Å². The van der Waals surface area contributed by atoms with Crippen LogP contribution in [-0.4, -0.2) is 6.04 Å². The molecular weight excluding hydrogens is 184 g/mol. The first-order valence-electron chi connectivity index (χ1n) is 5.38. The van der Waals surface area contributed by atoms with Crippen LogP contribution in [0.4, 0.5) is 5.69 Å². The van der Waals surface area contributed by atoms with Gasteiger partial charge in [0.25, 0.3) is 0 Å². The predicted molar refractivity (Wildman–Crippen MR) is 63.8 cm³/mol. The molecule has 0 aromatic heterocycles. The summed E-state index contributed by atoms with van der Waals surface area (Å²) in [6.45, 7) is 6.27. The summed E-state index contributed by atoms with van der Waals surface area (Å²) >= 11 is 0. The Morgan fingerprint density at radius 2 is 2.13 bits per heavy atom. The summed E-state index contributed by atoms with van der Waals surface area (Å²) in [6.07, 6.45) is 1.53. The molecule has 0 saturated carbocycles. The number of hydrogen-bond acceptors (Lipinski definition) is 2. The van der Waals surface area contributed by atoms with E-state index in [4.69, 9.17) is 5.26 Å². The Balaban J connectivity index is 2.75. The van der Waals surface area contributed by atoms with Crippen molar-refractivity contribution >= 4 is 5.69 Å². The lowest BCUT2D eigenvalue weighted by Gasteiger charge is -2.17. The summed E-state index contributed by atoms with van der Waals surface area (Å²) in [4.78, 5) is 0. The van der Waals surface area contributed by atoms with Crippen LogP contribution in [0.5, 0.6) is 0 Å². The maximum atomic E-state index is 8.67. The van der Waals surface area contributed by atoms with Crippen molar-refractivity contribution in [3.05, 3.63) is 29.3 Å². The highest BCUT2D eigenvalue weighted by Gasteiger charge is 2.06. The number of rotatable bonds is 4. The topological polar surface area (TPSA) is 35.8 Å². The molecule has 1 unspecified atom stereocenters. The summed E-state index contributed by atoms with van der Waals surface area (Å²) in [5, 5.41) is 12.1. The van der Waals surface area contributed by atoms with Gasteiger partial charge in [0.15, 0.2) is 0 Å². The average molecular weight is 202 g/mol. The lowest BCUT2D eigenvalue weighted by molar-refractivity contribution is 0.710. The molecule has 1 aromatic carbocycles. The van der Waals surface area contributed by atoms with Crippen molar-refractivity contribution in [2.45, 2.75) is 39.7 Å². The fourth-order valence-electron chi connectivity index (χ4n) is 1.60. The first-order chi connectivity index (χ1) is 7.17. The molecule has 2 heteroatoms. The molecule has 0 amide bonds. The molecule has 0 saturated heterocycles. The minimum absolute atomic E-state index is 0.261. The van der Waals surface area contributed by atoms with Gasteiger partial charge in [0.2, 0.25) is 0 Å². The standard InChI is InChI=1S/C13H18N2/c1-4-12(7-8-14)15-13-6-5-10(2)9-11(13)3/h5-6,9,12,15H,4,7H2,1-3H3. The fourth-order valence-corrected chi connectivity index (χ4v) is 1.60. The summed E-state index contributed by atoms with van der Waals surface area (Å²) in [5.74, 6) is 0. The first-order valence-corrected chi connectivity index (χ1v) is 5.38. The van der Waals surface area contributed by atoms with Gasteiger partial charge in [-0.25, -0.2) is 0 Å². The quantitative estimate of drug-likeness (QED) is 0.812. The second kappa shape index (κ2) is 5.41. The Bertz CT molecular complexity index is 363. The summed E-state index contributed by atoms with van der Waals surface area (Å²) < 4.78 is 0. The predicted octanol–water partition coefficient (Wildman–Crippen LogP) is 3.41. The van der Waals surface area contributed by atoms with Gasteiger partial charge in [0.1, 0.15) is 0 Å². The van der Waals surface area contributed by atoms with Crippen molar-refractivity contribution in [2.24, 2.45) is 0 Å². The van der Waals surface area contributed by atoms with Crippen LogP contribution >= 0.6 is 0 Å². The Morgan fingerprint density at radius 1 is 1.40 bits per heavy atom. The lowest BCUT2D eigenvalue weighted by atomic mass is 10.1. The van der Waals surface area contributed by atoms with Crippen LogP contribution in [0.15, 0.2) is 18.2 Å². The maximum Gasteiger partial charge on any atom is 0.0643 e. The van der Waals surface area contributed by atoms with E-state index in [0.717, 1.165) is 12.1 Å². The van der Waals surface area contributed by atoms with Gasteiger partial charge in [0.05, 0.1) is 12.5 Å². The van der Waals surface area contributed by atoms with Gasteiger partial charge in [-0.3, -0.25) is 0 Å². The van der Waals surface area contributed by atoms with E-state index in [0.29, 0.717) is 6.42 Å². The van der Waals surface area contributed by atoms with Crippen molar-refractivity contribution in [2.75, 3.05) is 5.32 Å². The molecule has 1 aromatic rings.